The highest BCUT2D eigenvalue weighted by molar-refractivity contribution is 7.52. The van der Waals surface area contributed by atoms with Crippen LogP contribution in [0, 0.1) is 0 Å². The molecule has 1 aliphatic rings. The highest BCUT2D eigenvalue weighted by Crippen LogP contribution is 2.42. The molecule has 38 heavy (non-hydrogen) atoms. The first-order valence-corrected chi connectivity index (χ1v) is 14.1. The number of anilines is 1. The number of rotatable bonds is 11. The van der Waals surface area contributed by atoms with Crippen molar-refractivity contribution in [1.82, 2.24) is 25.5 Å². The van der Waals surface area contributed by atoms with Crippen LogP contribution in [0.15, 0.2) is 36.4 Å². The van der Waals surface area contributed by atoms with Gasteiger partial charge in [-0.1, -0.05) is 43.7 Å². The van der Waals surface area contributed by atoms with E-state index in [4.69, 9.17) is 9.26 Å². The first kappa shape index (κ1) is 29.2. The van der Waals surface area contributed by atoms with E-state index in [2.05, 4.69) is 25.9 Å². The number of unbranched alkanes of at least 4 members (excludes halogenated alkanes) is 1. The molecule has 14 heteroatoms. The molecule has 0 spiro atoms. The average molecular weight is 549 g/mol. The van der Waals surface area contributed by atoms with Gasteiger partial charge in [0, 0.05) is 44.9 Å². The lowest BCUT2D eigenvalue weighted by Crippen LogP contribution is -2.50. The van der Waals surface area contributed by atoms with Gasteiger partial charge in [0.1, 0.15) is 17.6 Å². The molecule has 0 saturated carbocycles. The molecule has 2 unspecified atom stereocenters. The molecule has 2 amide bonds. The molecule has 13 nitrogen and oxygen atoms in total. The predicted octanol–water partition coefficient (Wildman–Crippen LogP) is 1.85. The number of piperazine rings is 1. The number of ether oxygens (including phenoxy) is 1. The summed E-state index contributed by atoms with van der Waals surface area (Å²) in [6.07, 6.45) is -0.428. The molecule has 1 saturated heterocycles. The number of carbonyl (C=O) groups is 3. The zero-order chi connectivity index (χ0) is 27.5. The van der Waals surface area contributed by atoms with Gasteiger partial charge in [0.2, 0.25) is 0 Å². The van der Waals surface area contributed by atoms with Crippen molar-refractivity contribution in [3.8, 4) is 11.4 Å². The minimum Gasteiger partial charge on any atom is -0.375 e. The van der Waals surface area contributed by atoms with Crippen LogP contribution in [0.2, 0.25) is 0 Å². The maximum Gasteiger partial charge on any atom is 0.417 e. The van der Waals surface area contributed by atoms with Crippen LogP contribution >= 0.6 is 7.60 Å². The third kappa shape index (κ3) is 8.59. The molecule has 0 aliphatic carbocycles. The number of amides is 2. The molecule has 2 heterocycles. The summed E-state index contributed by atoms with van der Waals surface area (Å²) in [6, 6.07) is 8.67. The zero-order valence-corrected chi connectivity index (χ0v) is 22.3. The van der Waals surface area contributed by atoms with E-state index in [0.29, 0.717) is 44.0 Å². The van der Waals surface area contributed by atoms with Crippen LogP contribution in [0.3, 0.4) is 0 Å². The van der Waals surface area contributed by atoms with Gasteiger partial charge in [0.05, 0.1) is 12.8 Å². The molecule has 3 rings (SSSR count). The molecule has 1 aliphatic heterocycles. The largest absolute Gasteiger partial charge is 0.417 e. The van der Waals surface area contributed by atoms with Gasteiger partial charge in [0.25, 0.3) is 5.91 Å². The van der Waals surface area contributed by atoms with Crippen molar-refractivity contribution in [2.45, 2.75) is 25.8 Å². The molecule has 2 aromatic rings. The average Bonchev–Trinajstić information content (AvgIpc) is 2.93. The van der Waals surface area contributed by atoms with Crippen molar-refractivity contribution < 1.29 is 33.1 Å². The quantitative estimate of drug-likeness (QED) is 0.140. The summed E-state index contributed by atoms with van der Waals surface area (Å²) in [7, 11) is -2.70. The van der Waals surface area contributed by atoms with E-state index in [1.54, 1.807) is 31.3 Å². The Balaban J connectivity index is 1.82. The van der Waals surface area contributed by atoms with Gasteiger partial charge in [-0.3, -0.25) is 9.36 Å². The second-order valence-corrected chi connectivity index (χ2v) is 10.4. The molecule has 2 atom stereocenters. The van der Waals surface area contributed by atoms with Gasteiger partial charge >= 0.3 is 19.7 Å². The molecule has 1 fully saturated rings. The SMILES string of the molecule is CCCCOP(=O)(O)CC(NC(=O)c1cc(NC)nc(-c2ccccc2)n1)C(=O)OC(=O)N1CCNCC1. The summed E-state index contributed by atoms with van der Waals surface area (Å²) in [5, 5.41) is 8.32. The summed E-state index contributed by atoms with van der Waals surface area (Å²) in [6.45, 7) is 3.61. The van der Waals surface area contributed by atoms with Gasteiger partial charge in [0.15, 0.2) is 5.82 Å². The van der Waals surface area contributed by atoms with E-state index in [1.165, 1.54) is 11.0 Å². The van der Waals surface area contributed by atoms with Crippen molar-refractivity contribution in [1.29, 1.82) is 0 Å². The highest BCUT2D eigenvalue weighted by atomic mass is 31.2. The summed E-state index contributed by atoms with van der Waals surface area (Å²) in [5.41, 5.74) is 0.550. The van der Waals surface area contributed by atoms with Crippen molar-refractivity contribution in [3.05, 3.63) is 42.1 Å². The number of hydrogen-bond acceptors (Lipinski definition) is 10. The van der Waals surface area contributed by atoms with E-state index in [9.17, 15) is 23.8 Å². The first-order valence-electron chi connectivity index (χ1n) is 12.3. The number of benzene rings is 1. The monoisotopic (exact) mass is 548 g/mol. The Morgan fingerprint density at radius 1 is 1.18 bits per heavy atom. The molecular formula is C24H33N6O7P. The Kier molecular flexibility index (Phi) is 10.7. The van der Waals surface area contributed by atoms with Crippen LogP contribution < -0.4 is 16.0 Å². The summed E-state index contributed by atoms with van der Waals surface area (Å²) >= 11 is 0. The van der Waals surface area contributed by atoms with Gasteiger partial charge in [-0.25, -0.2) is 19.6 Å². The van der Waals surface area contributed by atoms with E-state index in [-0.39, 0.29) is 18.1 Å². The number of nitrogens with zero attached hydrogens (tertiary/aromatic N) is 3. The lowest BCUT2D eigenvalue weighted by molar-refractivity contribution is -0.140. The van der Waals surface area contributed by atoms with E-state index in [0.717, 1.165) is 6.42 Å². The maximum absolute atomic E-state index is 13.2. The fourth-order valence-corrected chi connectivity index (χ4v) is 4.74. The summed E-state index contributed by atoms with van der Waals surface area (Å²) < 4.78 is 22.7. The Morgan fingerprint density at radius 3 is 2.55 bits per heavy atom. The Hall–Kier alpha value is -3.38. The van der Waals surface area contributed by atoms with E-state index < -0.39 is 37.8 Å². The van der Waals surface area contributed by atoms with Gasteiger partial charge in [-0.15, -0.1) is 0 Å². The normalized spacial score (nSPS) is 15.7. The molecule has 0 radical (unpaired) electrons. The van der Waals surface area contributed by atoms with Crippen molar-refractivity contribution >= 4 is 31.4 Å². The smallest absolute Gasteiger partial charge is 0.375 e. The van der Waals surface area contributed by atoms with Crippen LogP contribution in [0.1, 0.15) is 30.3 Å². The third-order valence-electron chi connectivity index (χ3n) is 5.60. The van der Waals surface area contributed by atoms with Crippen molar-refractivity contribution in [2.75, 3.05) is 51.3 Å². The Labute approximate surface area is 220 Å². The van der Waals surface area contributed by atoms with E-state index in [1.807, 2.05) is 13.0 Å². The summed E-state index contributed by atoms with van der Waals surface area (Å²) in [4.78, 5) is 58.9. The van der Waals surface area contributed by atoms with Gasteiger partial charge in [-0.2, -0.15) is 0 Å². The summed E-state index contributed by atoms with van der Waals surface area (Å²) in [5.74, 6) is -1.41. The van der Waals surface area contributed by atoms with Crippen LogP contribution in [0.4, 0.5) is 10.6 Å². The van der Waals surface area contributed by atoms with Crippen LogP contribution in [0.25, 0.3) is 11.4 Å². The topological polar surface area (TPSA) is 172 Å². The van der Waals surface area contributed by atoms with Crippen molar-refractivity contribution in [3.63, 3.8) is 0 Å². The molecule has 0 bridgehead atoms. The third-order valence-corrected chi connectivity index (χ3v) is 7.02. The fourth-order valence-electron chi connectivity index (χ4n) is 3.52. The van der Waals surface area contributed by atoms with Gasteiger partial charge < -0.3 is 35.0 Å². The first-order chi connectivity index (χ1) is 18.2. The second-order valence-electron chi connectivity index (χ2n) is 8.53. The maximum atomic E-state index is 13.2. The molecule has 1 aromatic carbocycles. The second kappa shape index (κ2) is 14.0. The molecule has 206 valence electrons. The fraction of sp³-hybridized carbons (Fsp3) is 0.458. The molecule has 1 aromatic heterocycles. The molecule has 4 N–H and O–H groups in total. The van der Waals surface area contributed by atoms with E-state index >= 15 is 0 Å². The Bertz CT molecular complexity index is 1160. The highest BCUT2D eigenvalue weighted by Gasteiger charge is 2.35. The lowest BCUT2D eigenvalue weighted by Gasteiger charge is -2.27. The van der Waals surface area contributed by atoms with Crippen LogP contribution in [0.5, 0.6) is 0 Å². The number of esters is 1. The molecular weight excluding hydrogens is 515 g/mol. The Morgan fingerprint density at radius 2 is 1.89 bits per heavy atom. The van der Waals surface area contributed by atoms with Crippen LogP contribution in [-0.4, -0.2) is 89.8 Å². The lowest BCUT2D eigenvalue weighted by atomic mass is 10.2. The van der Waals surface area contributed by atoms with Crippen molar-refractivity contribution in [2.24, 2.45) is 0 Å². The minimum absolute atomic E-state index is 0.00241. The number of nitrogens with one attached hydrogen (secondary N) is 3. The standard InChI is InChI=1S/C24H33N6O7P/c1-3-4-14-36-38(34,35)16-19(23(32)37-24(33)30-12-10-26-11-13-30)28-22(31)18-15-20(25-2)29-21(27-18)17-8-6-5-7-9-17/h5-9,15,19,26H,3-4,10-14,16H2,1-2H3,(H,28,31)(H,34,35)(H,25,27,29). The minimum atomic E-state index is -4.32. The number of carbonyl (C=O) groups excluding carboxylic acids is 3. The predicted molar refractivity (Wildman–Crippen MR) is 140 cm³/mol. The van der Waals surface area contributed by atoms with Gasteiger partial charge in [-0.05, 0) is 6.42 Å². The number of aromatic nitrogens is 2. The number of hydrogen-bond donors (Lipinski definition) is 4. The zero-order valence-electron chi connectivity index (χ0n) is 21.4. The van der Waals surface area contributed by atoms with Crippen LogP contribution in [-0.2, 0) is 18.6 Å².